The molecule has 2 aromatic rings. The largest absolute Gasteiger partial charge is 0.508 e. The maximum atomic E-state index is 11.2. The van der Waals surface area contributed by atoms with Gasteiger partial charge in [-0.15, -0.1) is 0 Å². The molecule has 1 aromatic carbocycles. The van der Waals surface area contributed by atoms with E-state index in [-0.39, 0.29) is 10.6 Å². The number of thiazole rings is 1. The van der Waals surface area contributed by atoms with Crippen molar-refractivity contribution in [2.75, 3.05) is 0 Å². The smallest absolute Gasteiger partial charge is 0.311 e. The third-order valence-corrected chi connectivity index (χ3v) is 2.34. The Balaban J connectivity index is 2.59. The van der Waals surface area contributed by atoms with Crippen LogP contribution in [0, 0.1) is 0 Å². The van der Waals surface area contributed by atoms with Crippen LogP contribution in [-0.4, -0.2) is 9.67 Å². The molecule has 1 N–H and O–H groups in total. The van der Waals surface area contributed by atoms with Gasteiger partial charge in [0.2, 0.25) is 0 Å². The van der Waals surface area contributed by atoms with Crippen LogP contribution >= 0.6 is 11.3 Å². The molecule has 0 aliphatic carbocycles. The maximum absolute atomic E-state index is 11.2. The molecule has 0 radical (unpaired) electrons. The van der Waals surface area contributed by atoms with Gasteiger partial charge in [-0.3, -0.25) is 9.36 Å². The van der Waals surface area contributed by atoms with E-state index in [4.69, 9.17) is 0 Å². The zero-order valence-electron chi connectivity index (χ0n) is 6.68. The van der Waals surface area contributed by atoms with Crippen LogP contribution < -0.4 is 4.87 Å². The minimum absolute atomic E-state index is 0.0504. The lowest BCUT2D eigenvalue weighted by molar-refractivity contribution is 0.475. The summed E-state index contributed by atoms with van der Waals surface area (Å²) in [5.41, 5.74) is 0.686. The summed E-state index contributed by atoms with van der Waals surface area (Å²) < 4.78 is 1.49. The van der Waals surface area contributed by atoms with Crippen molar-refractivity contribution in [2.45, 2.75) is 0 Å². The van der Waals surface area contributed by atoms with Gasteiger partial charge < -0.3 is 5.11 Å². The molecule has 66 valence electrons. The average molecular weight is 193 g/mol. The average Bonchev–Trinajstić information content (AvgIpc) is 2.51. The van der Waals surface area contributed by atoms with Crippen LogP contribution in [0.5, 0.6) is 5.75 Å². The van der Waals surface area contributed by atoms with E-state index in [0.29, 0.717) is 5.69 Å². The van der Waals surface area contributed by atoms with E-state index in [0.717, 1.165) is 11.3 Å². The number of aromatic hydroxyl groups is 1. The molecule has 0 amide bonds. The molecule has 13 heavy (non-hydrogen) atoms. The number of hydrogen-bond donors (Lipinski definition) is 1. The van der Waals surface area contributed by atoms with Crippen molar-refractivity contribution >= 4 is 11.3 Å². The topological polar surface area (TPSA) is 42.2 Å². The molecule has 0 fully saturated rings. The highest BCUT2D eigenvalue weighted by Crippen LogP contribution is 2.13. The molecule has 0 spiro atoms. The van der Waals surface area contributed by atoms with Crippen LogP contribution in [0.25, 0.3) is 5.69 Å². The highest BCUT2D eigenvalue weighted by molar-refractivity contribution is 7.07. The number of phenolic OH excluding ortho intramolecular Hbond substituents is 1. The number of aromatic nitrogens is 1. The standard InChI is InChI=1S/C9H7NO2S/c11-8-3-1-2-7(6-8)10-4-5-13-9(10)12/h1-6,11H. The Labute approximate surface area is 78.5 Å². The van der Waals surface area contributed by atoms with E-state index in [1.165, 1.54) is 4.57 Å². The van der Waals surface area contributed by atoms with Crippen molar-refractivity contribution < 1.29 is 5.11 Å². The zero-order valence-corrected chi connectivity index (χ0v) is 7.49. The van der Waals surface area contributed by atoms with Gasteiger partial charge in [0.15, 0.2) is 0 Å². The normalized spacial score (nSPS) is 10.2. The summed E-state index contributed by atoms with van der Waals surface area (Å²) in [6.07, 6.45) is 1.68. The van der Waals surface area contributed by atoms with Gasteiger partial charge in [-0.2, -0.15) is 0 Å². The van der Waals surface area contributed by atoms with Crippen molar-refractivity contribution in [1.29, 1.82) is 0 Å². The Morgan fingerprint density at radius 2 is 2.23 bits per heavy atom. The maximum Gasteiger partial charge on any atom is 0.311 e. The molecule has 0 unspecified atom stereocenters. The third kappa shape index (κ3) is 1.48. The number of benzene rings is 1. The van der Waals surface area contributed by atoms with E-state index in [2.05, 4.69) is 0 Å². The number of phenols is 1. The first-order valence-corrected chi connectivity index (χ1v) is 4.61. The summed E-state index contributed by atoms with van der Waals surface area (Å²) in [5.74, 6) is 0.163. The van der Waals surface area contributed by atoms with Crippen LogP contribution in [0.1, 0.15) is 0 Å². The van der Waals surface area contributed by atoms with Crippen LogP contribution in [0.15, 0.2) is 40.6 Å². The molecule has 4 heteroatoms. The minimum Gasteiger partial charge on any atom is -0.508 e. The second-order valence-electron chi connectivity index (χ2n) is 2.56. The molecule has 1 heterocycles. The van der Waals surface area contributed by atoms with Crippen molar-refractivity contribution in [2.24, 2.45) is 0 Å². The molecule has 0 aliphatic rings. The van der Waals surface area contributed by atoms with Gasteiger partial charge >= 0.3 is 4.87 Å². The SMILES string of the molecule is O=c1sccn1-c1cccc(O)c1. The van der Waals surface area contributed by atoms with Crippen LogP contribution in [0.3, 0.4) is 0 Å². The van der Waals surface area contributed by atoms with E-state index >= 15 is 0 Å². The fourth-order valence-electron chi connectivity index (χ4n) is 1.10. The summed E-state index contributed by atoms with van der Waals surface area (Å²) in [7, 11) is 0. The molecule has 0 saturated heterocycles. The van der Waals surface area contributed by atoms with E-state index in [1.807, 2.05) is 0 Å². The highest BCUT2D eigenvalue weighted by Gasteiger charge is 1.99. The van der Waals surface area contributed by atoms with Gasteiger partial charge in [-0.1, -0.05) is 17.4 Å². The Hall–Kier alpha value is -1.55. The van der Waals surface area contributed by atoms with Crippen molar-refractivity contribution in [3.05, 3.63) is 45.5 Å². The lowest BCUT2D eigenvalue weighted by Crippen LogP contribution is -2.08. The second kappa shape index (κ2) is 3.06. The fraction of sp³-hybridized carbons (Fsp3) is 0. The first-order valence-electron chi connectivity index (χ1n) is 3.73. The Morgan fingerprint density at radius 1 is 1.38 bits per heavy atom. The number of nitrogens with zero attached hydrogens (tertiary/aromatic N) is 1. The molecule has 0 bridgehead atoms. The first-order chi connectivity index (χ1) is 6.27. The van der Waals surface area contributed by atoms with Crippen LogP contribution in [0.4, 0.5) is 0 Å². The third-order valence-electron chi connectivity index (χ3n) is 1.68. The van der Waals surface area contributed by atoms with Gasteiger partial charge in [-0.05, 0) is 12.1 Å². The van der Waals surface area contributed by atoms with Gasteiger partial charge in [0.25, 0.3) is 0 Å². The number of rotatable bonds is 1. The first kappa shape index (κ1) is 8.07. The van der Waals surface area contributed by atoms with Gasteiger partial charge in [0, 0.05) is 17.6 Å². The van der Waals surface area contributed by atoms with Crippen LogP contribution in [-0.2, 0) is 0 Å². The molecule has 1 aromatic heterocycles. The quantitative estimate of drug-likeness (QED) is 0.747. The van der Waals surface area contributed by atoms with E-state index < -0.39 is 0 Å². The molecule has 3 nitrogen and oxygen atoms in total. The Morgan fingerprint density at radius 3 is 2.85 bits per heavy atom. The Kier molecular flexibility index (Phi) is 1.90. The second-order valence-corrected chi connectivity index (χ2v) is 3.42. The van der Waals surface area contributed by atoms with Crippen molar-refractivity contribution in [3.8, 4) is 11.4 Å². The van der Waals surface area contributed by atoms with Gasteiger partial charge in [0.1, 0.15) is 5.75 Å². The van der Waals surface area contributed by atoms with Gasteiger partial charge in [0.05, 0.1) is 5.69 Å². The molecule has 2 rings (SSSR count). The van der Waals surface area contributed by atoms with Crippen molar-refractivity contribution in [1.82, 2.24) is 4.57 Å². The van der Waals surface area contributed by atoms with Crippen LogP contribution in [0.2, 0.25) is 0 Å². The predicted molar refractivity (Wildman–Crippen MR) is 51.6 cm³/mol. The molecule has 0 saturated carbocycles. The monoisotopic (exact) mass is 193 g/mol. The van der Waals surface area contributed by atoms with Crippen molar-refractivity contribution in [3.63, 3.8) is 0 Å². The summed E-state index contributed by atoms with van der Waals surface area (Å²) >= 11 is 1.13. The summed E-state index contributed by atoms with van der Waals surface area (Å²) in [6, 6.07) is 6.59. The highest BCUT2D eigenvalue weighted by atomic mass is 32.1. The molecular formula is C9H7NO2S. The van der Waals surface area contributed by atoms with E-state index in [9.17, 15) is 9.90 Å². The summed E-state index contributed by atoms with van der Waals surface area (Å²) in [6.45, 7) is 0. The molecule has 0 atom stereocenters. The summed E-state index contributed by atoms with van der Waals surface area (Å²) in [4.78, 5) is 11.2. The fourth-order valence-corrected chi connectivity index (χ4v) is 1.68. The lowest BCUT2D eigenvalue weighted by atomic mass is 10.3. The zero-order chi connectivity index (χ0) is 9.26. The lowest BCUT2D eigenvalue weighted by Gasteiger charge is -2.00. The predicted octanol–water partition coefficient (Wildman–Crippen LogP) is 1.60. The number of hydrogen-bond acceptors (Lipinski definition) is 3. The molecular weight excluding hydrogens is 186 g/mol. The summed E-state index contributed by atoms with van der Waals surface area (Å²) in [5, 5.41) is 10.9. The Bertz CT molecular complexity index is 472. The minimum atomic E-state index is -0.0504. The van der Waals surface area contributed by atoms with Gasteiger partial charge in [-0.25, -0.2) is 0 Å². The molecule has 0 aliphatic heterocycles. The van der Waals surface area contributed by atoms with E-state index in [1.54, 1.807) is 35.8 Å².